The molecule has 0 rings (SSSR count). The molecule has 0 bridgehead atoms. The Kier molecular flexibility index (Phi) is 10.4. The zero-order valence-corrected chi connectivity index (χ0v) is 8.53. The summed E-state index contributed by atoms with van der Waals surface area (Å²) >= 11 is 0. The summed E-state index contributed by atoms with van der Waals surface area (Å²) in [6.45, 7) is 4.25. The average molecular weight is 181 g/mol. The summed E-state index contributed by atoms with van der Waals surface area (Å²) in [5, 5.41) is 0. The Balaban J connectivity index is 3.07. The van der Waals surface area contributed by atoms with Gasteiger partial charge in [0.05, 0.1) is 12.5 Å². The van der Waals surface area contributed by atoms with Crippen LogP contribution in [0, 0.1) is 0 Å². The summed E-state index contributed by atoms with van der Waals surface area (Å²) in [7, 11) is 1.32. The molecule has 0 aromatic carbocycles. The number of rotatable bonds is 8. The number of allylic oxidation sites excluding steroid dienone is 2. The Morgan fingerprint density at radius 1 is 0.923 bits per heavy atom. The van der Waals surface area contributed by atoms with Gasteiger partial charge in [-0.1, -0.05) is 38.8 Å². The lowest BCUT2D eigenvalue weighted by Crippen LogP contribution is -1.93. The van der Waals surface area contributed by atoms with Crippen LogP contribution in [-0.2, 0) is 9.31 Å². The Morgan fingerprint density at radius 2 is 1.38 bits per heavy atom. The van der Waals surface area contributed by atoms with E-state index in [-0.39, 0.29) is 0 Å². The summed E-state index contributed by atoms with van der Waals surface area (Å²) in [5.41, 5.74) is 0. The van der Waals surface area contributed by atoms with E-state index in [1.165, 1.54) is 7.69 Å². The van der Waals surface area contributed by atoms with Crippen LogP contribution >= 0.6 is 0 Å². The molecule has 0 aliphatic heterocycles. The minimum Gasteiger partial charge on any atom is -0.533 e. The van der Waals surface area contributed by atoms with Crippen LogP contribution in [-0.4, -0.2) is 7.69 Å². The highest BCUT2D eigenvalue weighted by Gasteiger charge is 1.87. The van der Waals surface area contributed by atoms with E-state index in [2.05, 4.69) is 13.8 Å². The normalized spacial score (nSPS) is 10.9. The van der Waals surface area contributed by atoms with E-state index < -0.39 is 0 Å². The van der Waals surface area contributed by atoms with Crippen molar-refractivity contribution in [3.63, 3.8) is 0 Å². The topological polar surface area (TPSA) is 18.5 Å². The van der Waals surface area contributed by atoms with Gasteiger partial charge in [-0.3, -0.25) is 0 Å². The fourth-order valence-electron chi connectivity index (χ4n) is 0.677. The fourth-order valence-corrected chi connectivity index (χ4v) is 0.677. The molecule has 0 amide bonds. The minimum absolute atomic E-state index is 1.04. The van der Waals surface area contributed by atoms with Gasteiger partial charge < -0.3 is 9.31 Å². The lowest BCUT2D eigenvalue weighted by molar-refractivity contribution is 0.374. The Morgan fingerprint density at radius 3 is 1.77 bits per heavy atom. The van der Waals surface area contributed by atoms with E-state index in [0.717, 1.165) is 25.7 Å². The molecule has 3 heteroatoms. The van der Waals surface area contributed by atoms with Gasteiger partial charge in [0.1, 0.15) is 0 Å². The molecule has 0 saturated carbocycles. The van der Waals surface area contributed by atoms with Crippen LogP contribution in [0.5, 0.6) is 0 Å². The molecule has 0 aromatic heterocycles. The van der Waals surface area contributed by atoms with Crippen LogP contribution in [0.1, 0.15) is 39.5 Å². The first-order chi connectivity index (χ1) is 6.41. The van der Waals surface area contributed by atoms with E-state index >= 15 is 0 Å². The van der Waals surface area contributed by atoms with Crippen molar-refractivity contribution in [1.82, 2.24) is 0 Å². The van der Waals surface area contributed by atoms with Gasteiger partial charge in [0.15, 0.2) is 0 Å². The zero-order valence-electron chi connectivity index (χ0n) is 8.53. The van der Waals surface area contributed by atoms with Gasteiger partial charge in [0.25, 0.3) is 0 Å². The van der Waals surface area contributed by atoms with Crippen molar-refractivity contribution < 1.29 is 9.31 Å². The van der Waals surface area contributed by atoms with Gasteiger partial charge in [-0.15, -0.1) is 0 Å². The molecular formula is C10H18BO2. The number of unbranched alkanes of at least 4 members (excludes halogenated alkanes) is 2. The van der Waals surface area contributed by atoms with E-state index in [9.17, 15) is 0 Å². The second-order valence-corrected chi connectivity index (χ2v) is 2.69. The first-order valence-electron chi connectivity index (χ1n) is 4.84. The molecule has 0 spiro atoms. The van der Waals surface area contributed by atoms with Crippen molar-refractivity contribution >= 4 is 7.69 Å². The van der Waals surface area contributed by atoms with Crippen molar-refractivity contribution in [3.05, 3.63) is 24.7 Å². The standard InChI is InChI=1S/C10H18BO2/c1-3-5-7-9-12-11-13-10-8-6-4-2/h7-10H,3-6H2,1-2H3. The lowest BCUT2D eigenvalue weighted by atomic mass is 10.3. The average Bonchev–Trinajstić information content (AvgIpc) is 2.16. The lowest BCUT2D eigenvalue weighted by Gasteiger charge is -1.95. The molecule has 0 atom stereocenters. The predicted molar refractivity (Wildman–Crippen MR) is 56.0 cm³/mol. The first kappa shape index (κ1) is 12.1. The Labute approximate surface area is 81.9 Å². The van der Waals surface area contributed by atoms with Crippen LogP contribution in [0.3, 0.4) is 0 Å². The SMILES string of the molecule is CCCC=CO[B]OC=CCCC. The molecule has 0 N–H and O–H groups in total. The highest BCUT2D eigenvalue weighted by atomic mass is 16.6. The van der Waals surface area contributed by atoms with E-state index in [4.69, 9.17) is 9.31 Å². The van der Waals surface area contributed by atoms with Crippen molar-refractivity contribution in [2.24, 2.45) is 0 Å². The largest absolute Gasteiger partial charge is 0.657 e. The van der Waals surface area contributed by atoms with Gasteiger partial charge in [-0.2, -0.15) is 0 Å². The van der Waals surface area contributed by atoms with Gasteiger partial charge in [-0.05, 0) is 12.8 Å². The van der Waals surface area contributed by atoms with Gasteiger partial charge >= 0.3 is 7.69 Å². The second kappa shape index (κ2) is 11.1. The second-order valence-electron chi connectivity index (χ2n) is 2.69. The third-order valence-corrected chi connectivity index (χ3v) is 1.37. The molecule has 0 saturated heterocycles. The van der Waals surface area contributed by atoms with Crippen LogP contribution in [0.2, 0.25) is 0 Å². The smallest absolute Gasteiger partial charge is 0.533 e. The summed E-state index contributed by atoms with van der Waals surface area (Å²) in [6, 6.07) is 0. The van der Waals surface area contributed by atoms with Crippen molar-refractivity contribution in [1.29, 1.82) is 0 Å². The van der Waals surface area contributed by atoms with Gasteiger partial charge in [-0.25, -0.2) is 0 Å². The van der Waals surface area contributed by atoms with Crippen molar-refractivity contribution in [2.45, 2.75) is 39.5 Å². The third kappa shape index (κ3) is 11.1. The fraction of sp³-hybridized carbons (Fsp3) is 0.600. The summed E-state index contributed by atoms with van der Waals surface area (Å²) in [4.78, 5) is 0. The minimum atomic E-state index is 1.04. The summed E-state index contributed by atoms with van der Waals surface area (Å²) in [6.07, 6.45) is 11.6. The molecule has 0 aromatic rings. The predicted octanol–water partition coefficient (Wildman–Crippen LogP) is 3.18. The molecule has 0 aliphatic carbocycles. The van der Waals surface area contributed by atoms with Crippen molar-refractivity contribution in [3.8, 4) is 0 Å². The molecule has 0 fully saturated rings. The third-order valence-electron chi connectivity index (χ3n) is 1.37. The Bertz CT molecular complexity index is 128. The molecule has 13 heavy (non-hydrogen) atoms. The van der Waals surface area contributed by atoms with Crippen LogP contribution < -0.4 is 0 Å². The monoisotopic (exact) mass is 181 g/mol. The molecule has 0 aliphatic rings. The van der Waals surface area contributed by atoms with Crippen LogP contribution in [0.25, 0.3) is 0 Å². The molecule has 0 heterocycles. The van der Waals surface area contributed by atoms with Crippen LogP contribution in [0.15, 0.2) is 24.7 Å². The first-order valence-corrected chi connectivity index (χ1v) is 4.84. The van der Waals surface area contributed by atoms with Crippen molar-refractivity contribution in [2.75, 3.05) is 0 Å². The highest BCUT2D eigenvalue weighted by molar-refractivity contribution is 6.18. The number of hydrogen-bond acceptors (Lipinski definition) is 2. The van der Waals surface area contributed by atoms with Gasteiger partial charge in [0.2, 0.25) is 0 Å². The van der Waals surface area contributed by atoms with E-state index in [1.807, 2.05) is 12.2 Å². The maximum absolute atomic E-state index is 4.94. The quantitative estimate of drug-likeness (QED) is 0.325. The van der Waals surface area contributed by atoms with E-state index in [1.54, 1.807) is 12.5 Å². The highest BCUT2D eigenvalue weighted by Crippen LogP contribution is 1.90. The number of hydrogen-bond donors (Lipinski definition) is 0. The molecular weight excluding hydrogens is 163 g/mol. The molecule has 0 unspecified atom stereocenters. The van der Waals surface area contributed by atoms with Crippen LogP contribution in [0.4, 0.5) is 0 Å². The zero-order chi connectivity index (χ0) is 9.78. The molecule has 1 radical (unpaired) electrons. The van der Waals surface area contributed by atoms with E-state index in [0.29, 0.717) is 0 Å². The molecule has 2 nitrogen and oxygen atoms in total. The summed E-state index contributed by atoms with van der Waals surface area (Å²) in [5.74, 6) is 0. The maximum atomic E-state index is 4.94. The summed E-state index contributed by atoms with van der Waals surface area (Å²) < 4.78 is 9.87. The Hall–Kier alpha value is -0.855. The molecule has 73 valence electrons. The van der Waals surface area contributed by atoms with Gasteiger partial charge in [0, 0.05) is 0 Å². The maximum Gasteiger partial charge on any atom is 0.657 e.